The van der Waals surface area contributed by atoms with Gasteiger partial charge in [-0.05, 0) is 63.6 Å². The van der Waals surface area contributed by atoms with E-state index >= 15 is 0 Å². The van der Waals surface area contributed by atoms with Crippen LogP contribution in [0.1, 0.15) is 43.6 Å². The molecule has 0 saturated heterocycles. The van der Waals surface area contributed by atoms with E-state index in [1.54, 1.807) is 35.3 Å². The summed E-state index contributed by atoms with van der Waals surface area (Å²) in [5, 5.41) is 7.24. The zero-order chi connectivity index (χ0) is 23.6. The molecule has 1 amide bonds. The highest BCUT2D eigenvalue weighted by Gasteiger charge is 2.13. The lowest BCUT2D eigenvalue weighted by molar-refractivity contribution is 0.102. The average molecular weight is 454 g/mol. The second-order valence-corrected chi connectivity index (χ2v) is 7.06. The van der Waals surface area contributed by atoms with Crippen LogP contribution in [0.2, 0.25) is 0 Å². The Bertz CT molecular complexity index is 1060. The first kappa shape index (κ1) is 24.0. The molecule has 0 aliphatic heterocycles. The van der Waals surface area contributed by atoms with Crippen LogP contribution in [0.25, 0.3) is 0 Å². The molecule has 0 unspecified atom stereocenters. The number of carbonyl (C=O) groups excluding carboxylic acids is 1. The second kappa shape index (κ2) is 11.8. The molecule has 3 aromatic rings. The number of nitrogens with one attached hydrogen (secondary N) is 1. The molecule has 0 aliphatic rings. The van der Waals surface area contributed by atoms with Gasteiger partial charge in [-0.25, -0.2) is 0 Å². The van der Waals surface area contributed by atoms with Crippen LogP contribution in [-0.2, 0) is 6.54 Å². The molecule has 8 nitrogen and oxygen atoms in total. The Morgan fingerprint density at radius 3 is 2.03 bits per heavy atom. The van der Waals surface area contributed by atoms with E-state index in [4.69, 9.17) is 18.9 Å². The van der Waals surface area contributed by atoms with Gasteiger partial charge in [0.1, 0.15) is 0 Å². The SMILES string of the molecule is CCOc1ccc(Cn2cc(NC(=O)c3ccc(OCC)c(OCC)c3)cn2)cc1OCC. The summed E-state index contributed by atoms with van der Waals surface area (Å²) in [6.07, 6.45) is 3.40. The van der Waals surface area contributed by atoms with E-state index in [0.717, 1.165) is 11.3 Å². The zero-order valence-corrected chi connectivity index (χ0v) is 19.6. The fourth-order valence-electron chi connectivity index (χ4n) is 3.29. The van der Waals surface area contributed by atoms with Crippen LogP contribution < -0.4 is 24.3 Å². The van der Waals surface area contributed by atoms with Crippen LogP contribution in [0.3, 0.4) is 0 Å². The van der Waals surface area contributed by atoms with E-state index in [2.05, 4.69) is 10.4 Å². The van der Waals surface area contributed by atoms with Crippen LogP contribution in [-0.4, -0.2) is 42.1 Å². The van der Waals surface area contributed by atoms with Crippen LogP contribution >= 0.6 is 0 Å². The highest BCUT2D eigenvalue weighted by atomic mass is 16.5. The molecule has 1 aromatic heterocycles. The van der Waals surface area contributed by atoms with Crippen LogP contribution in [0, 0.1) is 0 Å². The summed E-state index contributed by atoms with van der Waals surface area (Å²) >= 11 is 0. The van der Waals surface area contributed by atoms with Gasteiger partial charge in [0.25, 0.3) is 5.91 Å². The van der Waals surface area contributed by atoms with Crippen molar-refractivity contribution < 1.29 is 23.7 Å². The van der Waals surface area contributed by atoms with Gasteiger partial charge in [-0.15, -0.1) is 0 Å². The Morgan fingerprint density at radius 2 is 1.39 bits per heavy atom. The summed E-state index contributed by atoms with van der Waals surface area (Å²) in [4.78, 5) is 12.7. The normalized spacial score (nSPS) is 10.5. The third kappa shape index (κ3) is 6.41. The van der Waals surface area contributed by atoms with Crippen LogP contribution in [0.5, 0.6) is 23.0 Å². The average Bonchev–Trinajstić information content (AvgIpc) is 3.24. The standard InChI is InChI=1S/C25H31N3O5/c1-5-30-21-11-9-18(13-23(21)32-7-3)16-28-17-20(15-26-28)27-25(29)19-10-12-22(31-6-2)24(14-19)33-8-4/h9-15,17H,5-8,16H2,1-4H3,(H,27,29). The molecule has 2 aromatic carbocycles. The molecule has 0 aliphatic carbocycles. The van der Waals surface area contributed by atoms with E-state index in [-0.39, 0.29) is 5.91 Å². The van der Waals surface area contributed by atoms with Crippen molar-refractivity contribution in [2.75, 3.05) is 31.7 Å². The molecular formula is C25H31N3O5. The predicted molar refractivity (Wildman–Crippen MR) is 127 cm³/mol. The molecule has 3 rings (SSSR count). The molecule has 8 heteroatoms. The van der Waals surface area contributed by atoms with Crippen molar-refractivity contribution in [3.05, 3.63) is 59.9 Å². The van der Waals surface area contributed by atoms with E-state index in [9.17, 15) is 4.79 Å². The van der Waals surface area contributed by atoms with Gasteiger partial charge in [-0.1, -0.05) is 6.07 Å². The summed E-state index contributed by atoms with van der Waals surface area (Å²) in [5.74, 6) is 2.34. The minimum absolute atomic E-state index is 0.252. The van der Waals surface area contributed by atoms with Crippen molar-refractivity contribution in [2.45, 2.75) is 34.2 Å². The van der Waals surface area contributed by atoms with Gasteiger partial charge in [0, 0.05) is 11.8 Å². The van der Waals surface area contributed by atoms with E-state index in [0.29, 0.717) is 61.5 Å². The number of anilines is 1. The van der Waals surface area contributed by atoms with Gasteiger partial charge in [0.2, 0.25) is 0 Å². The van der Waals surface area contributed by atoms with Crippen LogP contribution in [0.4, 0.5) is 5.69 Å². The summed E-state index contributed by atoms with van der Waals surface area (Å²) < 4.78 is 24.2. The van der Waals surface area contributed by atoms with Crippen molar-refractivity contribution in [1.82, 2.24) is 9.78 Å². The lowest BCUT2D eigenvalue weighted by Crippen LogP contribution is -2.12. The second-order valence-electron chi connectivity index (χ2n) is 7.06. The lowest BCUT2D eigenvalue weighted by Gasteiger charge is -2.12. The first-order chi connectivity index (χ1) is 16.1. The highest BCUT2D eigenvalue weighted by molar-refractivity contribution is 6.04. The van der Waals surface area contributed by atoms with Crippen molar-refractivity contribution in [3.8, 4) is 23.0 Å². The third-order valence-electron chi connectivity index (χ3n) is 4.65. The Balaban J connectivity index is 1.69. The predicted octanol–water partition coefficient (Wildman–Crippen LogP) is 4.78. The quantitative estimate of drug-likeness (QED) is 0.425. The Morgan fingerprint density at radius 1 is 0.818 bits per heavy atom. The van der Waals surface area contributed by atoms with Gasteiger partial charge in [-0.2, -0.15) is 5.10 Å². The van der Waals surface area contributed by atoms with Crippen molar-refractivity contribution >= 4 is 11.6 Å². The van der Waals surface area contributed by atoms with Gasteiger partial charge in [0.15, 0.2) is 23.0 Å². The molecule has 0 spiro atoms. The zero-order valence-electron chi connectivity index (χ0n) is 19.6. The maximum atomic E-state index is 12.7. The summed E-state index contributed by atoms with van der Waals surface area (Å²) in [7, 11) is 0. The van der Waals surface area contributed by atoms with Gasteiger partial charge >= 0.3 is 0 Å². The lowest BCUT2D eigenvalue weighted by atomic mass is 10.2. The largest absolute Gasteiger partial charge is 0.490 e. The monoisotopic (exact) mass is 453 g/mol. The number of aromatic nitrogens is 2. The number of hydrogen-bond donors (Lipinski definition) is 1. The van der Waals surface area contributed by atoms with E-state index < -0.39 is 0 Å². The maximum Gasteiger partial charge on any atom is 0.255 e. The number of rotatable bonds is 12. The van der Waals surface area contributed by atoms with Gasteiger partial charge < -0.3 is 24.3 Å². The molecule has 0 radical (unpaired) electrons. The van der Waals surface area contributed by atoms with Gasteiger partial charge in [-0.3, -0.25) is 9.48 Å². The van der Waals surface area contributed by atoms with Crippen molar-refractivity contribution in [3.63, 3.8) is 0 Å². The number of benzene rings is 2. The van der Waals surface area contributed by atoms with Gasteiger partial charge in [0.05, 0.1) is 44.9 Å². The molecule has 176 valence electrons. The first-order valence-corrected chi connectivity index (χ1v) is 11.2. The summed E-state index contributed by atoms with van der Waals surface area (Å²) in [6, 6.07) is 11.0. The first-order valence-electron chi connectivity index (χ1n) is 11.2. The van der Waals surface area contributed by atoms with Crippen molar-refractivity contribution in [1.29, 1.82) is 0 Å². The fraction of sp³-hybridized carbons (Fsp3) is 0.360. The summed E-state index contributed by atoms with van der Waals surface area (Å²) in [5.41, 5.74) is 2.08. The summed E-state index contributed by atoms with van der Waals surface area (Å²) in [6.45, 7) is 10.3. The van der Waals surface area contributed by atoms with Crippen LogP contribution in [0.15, 0.2) is 48.8 Å². The number of amides is 1. The molecule has 0 fully saturated rings. The molecule has 0 saturated carbocycles. The van der Waals surface area contributed by atoms with E-state index in [1.165, 1.54) is 0 Å². The number of ether oxygens (including phenoxy) is 4. The topological polar surface area (TPSA) is 83.8 Å². The molecular weight excluding hydrogens is 422 g/mol. The Labute approximate surface area is 194 Å². The van der Waals surface area contributed by atoms with Crippen molar-refractivity contribution in [2.24, 2.45) is 0 Å². The number of hydrogen-bond acceptors (Lipinski definition) is 6. The maximum absolute atomic E-state index is 12.7. The number of carbonyl (C=O) groups is 1. The molecule has 33 heavy (non-hydrogen) atoms. The molecule has 0 bridgehead atoms. The molecule has 1 N–H and O–H groups in total. The molecule has 1 heterocycles. The Hall–Kier alpha value is -3.68. The third-order valence-corrected chi connectivity index (χ3v) is 4.65. The highest BCUT2D eigenvalue weighted by Crippen LogP contribution is 2.30. The smallest absolute Gasteiger partial charge is 0.255 e. The van der Waals surface area contributed by atoms with E-state index in [1.807, 2.05) is 45.9 Å². The number of nitrogens with zero attached hydrogens (tertiary/aromatic N) is 2. The minimum Gasteiger partial charge on any atom is -0.490 e. The molecule has 0 atom stereocenters. The fourth-order valence-corrected chi connectivity index (χ4v) is 3.29. The minimum atomic E-state index is -0.252. The Kier molecular flexibility index (Phi) is 8.57.